The van der Waals surface area contributed by atoms with Crippen LogP contribution in [-0.2, 0) is 13.0 Å². The van der Waals surface area contributed by atoms with Gasteiger partial charge in [-0.15, -0.1) is 11.3 Å². The molecule has 1 saturated heterocycles. The van der Waals surface area contributed by atoms with E-state index in [-0.39, 0.29) is 17.5 Å². The van der Waals surface area contributed by atoms with Crippen molar-refractivity contribution in [3.05, 3.63) is 80.8 Å². The maximum Gasteiger partial charge on any atom is 0.166 e. The van der Waals surface area contributed by atoms with Gasteiger partial charge in [0.15, 0.2) is 5.78 Å². The van der Waals surface area contributed by atoms with Crippen molar-refractivity contribution in [2.24, 2.45) is 5.92 Å². The summed E-state index contributed by atoms with van der Waals surface area (Å²) in [5.41, 5.74) is 3.00. The summed E-state index contributed by atoms with van der Waals surface area (Å²) in [6.07, 6.45) is 2.55. The molecule has 29 heavy (non-hydrogen) atoms. The molecule has 3 aromatic rings. The van der Waals surface area contributed by atoms with E-state index < -0.39 is 0 Å². The van der Waals surface area contributed by atoms with E-state index in [4.69, 9.17) is 16.6 Å². The molecule has 2 heterocycles. The van der Waals surface area contributed by atoms with Crippen molar-refractivity contribution in [3.8, 4) is 5.75 Å². The number of aromatic hydroxyl groups is 1. The number of likely N-dealkylation sites (tertiary alicyclic amines) is 1. The number of Topliss-reactive ketones (excluding diaryl/α,β-unsaturated/α-hetero) is 1. The first-order valence-corrected chi connectivity index (χ1v) is 11.1. The summed E-state index contributed by atoms with van der Waals surface area (Å²) in [5, 5.41) is 13.4. The Kier molecular flexibility index (Phi) is 6.28. The molecule has 0 radical (unpaired) electrons. The number of carbonyl (C=O) groups is 1. The number of carbonyl (C=O) groups excluding carboxylic acids is 1. The predicted octanol–water partition coefficient (Wildman–Crippen LogP) is 5.19. The molecule has 0 saturated carbocycles. The fourth-order valence-electron chi connectivity index (χ4n) is 3.72. The van der Waals surface area contributed by atoms with E-state index in [0.29, 0.717) is 5.56 Å². The van der Waals surface area contributed by atoms with Gasteiger partial charge in [0.05, 0.1) is 10.7 Å². The number of hydrogen-bond donors (Lipinski definition) is 1. The third kappa shape index (κ3) is 5.24. The number of hydrogen-bond acceptors (Lipinski definition) is 5. The van der Waals surface area contributed by atoms with Crippen LogP contribution < -0.4 is 0 Å². The average Bonchev–Trinajstić information content (AvgIpc) is 3.17. The first-order valence-electron chi connectivity index (χ1n) is 9.80. The lowest BCUT2D eigenvalue weighted by Gasteiger charge is -2.30. The standard InChI is InChI=1S/C23H23ClN2O2S/c24-19-5-1-16(2-6-19)13-22-25-20(15-29-22)14-26-11-9-18(10-12-26)23(28)17-3-7-21(27)8-4-17/h1-8,15,18,27H,9-14H2. The summed E-state index contributed by atoms with van der Waals surface area (Å²) in [6.45, 7) is 2.63. The van der Waals surface area contributed by atoms with Gasteiger partial charge in [-0.3, -0.25) is 9.69 Å². The van der Waals surface area contributed by atoms with Gasteiger partial charge in [-0.25, -0.2) is 4.98 Å². The average molecular weight is 427 g/mol. The van der Waals surface area contributed by atoms with Crippen LogP contribution in [0.4, 0.5) is 0 Å². The minimum absolute atomic E-state index is 0.0618. The van der Waals surface area contributed by atoms with Crippen LogP contribution in [0.1, 0.15) is 39.5 Å². The smallest absolute Gasteiger partial charge is 0.166 e. The molecule has 0 spiro atoms. The van der Waals surface area contributed by atoms with Crippen LogP contribution in [0.25, 0.3) is 0 Å². The number of piperidine rings is 1. The summed E-state index contributed by atoms with van der Waals surface area (Å²) in [4.78, 5) is 19.8. The van der Waals surface area contributed by atoms with Crippen molar-refractivity contribution >= 4 is 28.7 Å². The minimum atomic E-state index is 0.0618. The molecule has 2 aromatic carbocycles. The Morgan fingerprint density at radius 2 is 1.79 bits per heavy atom. The highest BCUT2D eigenvalue weighted by Crippen LogP contribution is 2.24. The van der Waals surface area contributed by atoms with Crippen LogP contribution in [0.15, 0.2) is 53.9 Å². The number of thiazole rings is 1. The van der Waals surface area contributed by atoms with Crippen molar-refractivity contribution in [1.82, 2.24) is 9.88 Å². The number of phenolic OH excluding ortho intramolecular Hbond substituents is 1. The highest BCUT2D eigenvalue weighted by atomic mass is 35.5. The van der Waals surface area contributed by atoms with Gasteiger partial charge in [-0.1, -0.05) is 23.7 Å². The molecule has 4 nitrogen and oxygen atoms in total. The van der Waals surface area contributed by atoms with Crippen LogP contribution in [0.3, 0.4) is 0 Å². The summed E-state index contributed by atoms with van der Waals surface area (Å²) >= 11 is 7.64. The van der Waals surface area contributed by atoms with Crippen molar-refractivity contribution < 1.29 is 9.90 Å². The summed E-state index contributed by atoms with van der Waals surface area (Å²) in [6, 6.07) is 14.5. The summed E-state index contributed by atoms with van der Waals surface area (Å²) in [7, 11) is 0. The summed E-state index contributed by atoms with van der Waals surface area (Å²) in [5.74, 6) is 0.435. The number of halogens is 1. The van der Waals surface area contributed by atoms with Gasteiger partial charge in [-0.05, 0) is 67.9 Å². The molecular weight excluding hydrogens is 404 g/mol. The molecule has 6 heteroatoms. The molecule has 1 aliphatic heterocycles. The van der Waals surface area contributed by atoms with Gasteiger partial charge in [0.2, 0.25) is 0 Å². The van der Waals surface area contributed by atoms with Crippen molar-refractivity contribution in [2.45, 2.75) is 25.8 Å². The zero-order valence-electron chi connectivity index (χ0n) is 16.1. The number of phenols is 1. The predicted molar refractivity (Wildman–Crippen MR) is 117 cm³/mol. The number of ketones is 1. The SMILES string of the molecule is O=C(c1ccc(O)cc1)C1CCN(Cc2csc(Cc3ccc(Cl)cc3)n2)CC1. The zero-order valence-corrected chi connectivity index (χ0v) is 17.6. The fourth-order valence-corrected chi connectivity index (χ4v) is 4.67. The molecule has 1 aliphatic rings. The fraction of sp³-hybridized carbons (Fsp3) is 0.304. The van der Waals surface area contributed by atoms with E-state index in [9.17, 15) is 9.90 Å². The Hall–Kier alpha value is -2.21. The normalized spacial score (nSPS) is 15.5. The Bertz CT molecular complexity index is 961. The molecule has 1 fully saturated rings. The Morgan fingerprint density at radius 3 is 2.48 bits per heavy atom. The highest BCUT2D eigenvalue weighted by molar-refractivity contribution is 7.09. The third-order valence-corrected chi connectivity index (χ3v) is 6.51. The second kappa shape index (κ2) is 9.08. The highest BCUT2D eigenvalue weighted by Gasteiger charge is 2.26. The van der Waals surface area contributed by atoms with E-state index in [0.717, 1.165) is 54.6 Å². The summed E-state index contributed by atoms with van der Waals surface area (Å²) < 4.78 is 0. The number of benzene rings is 2. The monoisotopic (exact) mass is 426 g/mol. The maximum absolute atomic E-state index is 12.7. The molecule has 0 aliphatic carbocycles. The first-order chi connectivity index (χ1) is 14.1. The lowest BCUT2D eigenvalue weighted by atomic mass is 9.89. The Morgan fingerprint density at radius 1 is 1.10 bits per heavy atom. The van der Waals surface area contributed by atoms with Crippen molar-refractivity contribution in [3.63, 3.8) is 0 Å². The van der Waals surface area contributed by atoms with Crippen LogP contribution >= 0.6 is 22.9 Å². The lowest BCUT2D eigenvalue weighted by molar-refractivity contribution is 0.0834. The van der Waals surface area contributed by atoms with E-state index in [1.54, 1.807) is 35.6 Å². The van der Waals surface area contributed by atoms with Crippen molar-refractivity contribution in [1.29, 1.82) is 0 Å². The molecule has 1 N–H and O–H groups in total. The number of nitrogens with zero attached hydrogens (tertiary/aromatic N) is 2. The van der Waals surface area contributed by atoms with E-state index in [1.165, 1.54) is 5.56 Å². The Balaban J connectivity index is 1.28. The number of aromatic nitrogens is 1. The quantitative estimate of drug-likeness (QED) is 0.551. The van der Waals surface area contributed by atoms with Crippen LogP contribution in [0, 0.1) is 5.92 Å². The topological polar surface area (TPSA) is 53.4 Å². The number of rotatable bonds is 6. The van der Waals surface area contributed by atoms with Crippen LogP contribution in [0.2, 0.25) is 5.02 Å². The van der Waals surface area contributed by atoms with Gasteiger partial charge in [0.25, 0.3) is 0 Å². The van der Waals surface area contributed by atoms with Gasteiger partial charge in [-0.2, -0.15) is 0 Å². The van der Waals surface area contributed by atoms with E-state index in [1.807, 2.05) is 24.3 Å². The van der Waals surface area contributed by atoms with Gasteiger partial charge >= 0.3 is 0 Å². The molecule has 4 rings (SSSR count). The molecular formula is C23H23ClN2O2S. The van der Waals surface area contributed by atoms with Gasteiger partial charge in [0.1, 0.15) is 5.75 Å². The third-order valence-electron chi connectivity index (χ3n) is 5.36. The van der Waals surface area contributed by atoms with E-state index in [2.05, 4.69) is 10.3 Å². The largest absolute Gasteiger partial charge is 0.508 e. The molecule has 150 valence electrons. The zero-order chi connectivity index (χ0) is 20.2. The molecule has 0 amide bonds. The van der Waals surface area contributed by atoms with E-state index >= 15 is 0 Å². The van der Waals surface area contributed by atoms with Crippen LogP contribution in [-0.4, -0.2) is 33.9 Å². The lowest BCUT2D eigenvalue weighted by Crippen LogP contribution is -2.36. The molecule has 1 aromatic heterocycles. The molecule has 0 unspecified atom stereocenters. The first kappa shape index (κ1) is 20.1. The van der Waals surface area contributed by atoms with Gasteiger partial charge in [0, 0.05) is 34.8 Å². The van der Waals surface area contributed by atoms with Crippen LogP contribution in [0.5, 0.6) is 5.75 Å². The van der Waals surface area contributed by atoms with Crippen molar-refractivity contribution in [2.75, 3.05) is 13.1 Å². The maximum atomic E-state index is 12.7. The minimum Gasteiger partial charge on any atom is -0.508 e. The second-order valence-electron chi connectivity index (χ2n) is 7.50. The van der Waals surface area contributed by atoms with Gasteiger partial charge < -0.3 is 5.11 Å². The molecule has 0 bridgehead atoms. The Labute approximate surface area is 179 Å². The molecule has 0 atom stereocenters. The second-order valence-corrected chi connectivity index (χ2v) is 8.88.